The van der Waals surface area contributed by atoms with Gasteiger partial charge in [0.05, 0.1) is 0 Å². The number of ketones is 1. The third-order valence-electron chi connectivity index (χ3n) is 1.93. The molecule has 0 unspecified atom stereocenters. The normalized spacial score (nSPS) is 11.2. The van der Waals surface area contributed by atoms with Crippen LogP contribution >= 0.6 is 0 Å². The maximum Gasteiger partial charge on any atom is 0.290 e. The summed E-state index contributed by atoms with van der Waals surface area (Å²) in [6.45, 7) is 10.2. The summed E-state index contributed by atoms with van der Waals surface area (Å²) in [5.74, 6) is -0.672. The largest absolute Gasteiger partial charge is 0.337 e. The lowest BCUT2D eigenvalue weighted by atomic mass is 9.90. The first-order valence-electron chi connectivity index (χ1n) is 4.68. The van der Waals surface area contributed by atoms with Crippen molar-refractivity contribution in [3.8, 4) is 0 Å². The summed E-state index contributed by atoms with van der Waals surface area (Å²) >= 11 is 0. The lowest BCUT2D eigenvalue weighted by Crippen LogP contribution is -2.41. The van der Waals surface area contributed by atoms with Gasteiger partial charge in [0.15, 0.2) is 0 Å². The molecule has 0 bridgehead atoms. The molecule has 13 heavy (non-hydrogen) atoms. The number of nitrogens with zero attached hydrogens (tertiary/aromatic N) is 1. The van der Waals surface area contributed by atoms with E-state index in [4.69, 9.17) is 0 Å². The molecule has 76 valence electrons. The Hall–Kier alpha value is -0.860. The van der Waals surface area contributed by atoms with Crippen LogP contribution in [0.15, 0.2) is 0 Å². The van der Waals surface area contributed by atoms with Crippen LogP contribution in [0.4, 0.5) is 0 Å². The van der Waals surface area contributed by atoms with Crippen molar-refractivity contribution in [3.63, 3.8) is 0 Å². The molecule has 3 heteroatoms. The van der Waals surface area contributed by atoms with Crippen LogP contribution in [0.2, 0.25) is 0 Å². The first-order valence-corrected chi connectivity index (χ1v) is 4.68. The highest BCUT2D eigenvalue weighted by atomic mass is 16.2. The lowest BCUT2D eigenvalue weighted by molar-refractivity contribution is -0.148. The molecule has 0 aromatic heterocycles. The van der Waals surface area contributed by atoms with Crippen LogP contribution in [0.25, 0.3) is 0 Å². The van der Waals surface area contributed by atoms with Crippen LogP contribution < -0.4 is 0 Å². The van der Waals surface area contributed by atoms with Crippen LogP contribution in [0.3, 0.4) is 0 Å². The number of Topliss-reactive ketones (excluding diaryl/α,β-unsaturated/α-hetero) is 1. The average Bonchev–Trinajstić information content (AvgIpc) is 2.03. The van der Waals surface area contributed by atoms with Crippen LogP contribution in [0.1, 0.15) is 34.6 Å². The number of hydrogen-bond acceptors (Lipinski definition) is 2. The van der Waals surface area contributed by atoms with Crippen LogP contribution in [0, 0.1) is 5.41 Å². The number of amides is 1. The fraction of sp³-hybridized carbons (Fsp3) is 0.800. The maximum atomic E-state index is 11.5. The molecule has 0 aromatic carbocycles. The van der Waals surface area contributed by atoms with E-state index in [9.17, 15) is 9.59 Å². The molecule has 0 spiro atoms. The Balaban J connectivity index is 4.51. The number of hydrogen-bond donors (Lipinski definition) is 0. The van der Waals surface area contributed by atoms with E-state index in [1.54, 1.807) is 25.7 Å². The van der Waals surface area contributed by atoms with Gasteiger partial charge in [0.2, 0.25) is 5.78 Å². The molecule has 0 N–H and O–H groups in total. The minimum atomic E-state index is -0.570. The molecule has 0 saturated carbocycles. The summed E-state index contributed by atoms with van der Waals surface area (Å²) in [6.07, 6.45) is 0. The van der Waals surface area contributed by atoms with Gasteiger partial charge in [-0.3, -0.25) is 9.59 Å². The minimum absolute atomic E-state index is 0.309. The number of carbonyl (C=O) groups excluding carboxylic acids is 2. The highest BCUT2D eigenvalue weighted by Crippen LogP contribution is 2.15. The second-order valence-electron chi connectivity index (χ2n) is 4.06. The summed E-state index contributed by atoms with van der Waals surface area (Å²) in [5, 5.41) is 0. The van der Waals surface area contributed by atoms with Crippen molar-refractivity contribution in [1.82, 2.24) is 4.90 Å². The Bertz CT molecular complexity index is 199. The molecular weight excluding hydrogens is 166 g/mol. The minimum Gasteiger partial charge on any atom is -0.337 e. The van der Waals surface area contributed by atoms with Gasteiger partial charge >= 0.3 is 0 Å². The summed E-state index contributed by atoms with van der Waals surface area (Å²) in [6, 6.07) is 0. The van der Waals surface area contributed by atoms with Crippen molar-refractivity contribution in [2.75, 3.05) is 13.1 Å². The molecular formula is C10H19NO2. The fourth-order valence-corrected chi connectivity index (χ4v) is 0.975. The van der Waals surface area contributed by atoms with E-state index < -0.39 is 5.41 Å². The zero-order valence-electron chi connectivity index (χ0n) is 9.18. The first kappa shape index (κ1) is 12.1. The van der Waals surface area contributed by atoms with E-state index in [2.05, 4.69) is 0 Å². The Kier molecular flexibility index (Phi) is 4.11. The lowest BCUT2D eigenvalue weighted by Gasteiger charge is -2.22. The van der Waals surface area contributed by atoms with Gasteiger partial charge in [-0.1, -0.05) is 20.8 Å². The van der Waals surface area contributed by atoms with Gasteiger partial charge < -0.3 is 4.90 Å². The third kappa shape index (κ3) is 3.17. The van der Waals surface area contributed by atoms with Crippen molar-refractivity contribution < 1.29 is 9.59 Å². The molecule has 0 aliphatic rings. The molecule has 0 atom stereocenters. The van der Waals surface area contributed by atoms with Gasteiger partial charge in [-0.05, 0) is 13.8 Å². The van der Waals surface area contributed by atoms with Gasteiger partial charge in [0, 0.05) is 18.5 Å². The quantitative estimate of drug-likeness (QED) is 0.624. The van der Waals surface area contributed by atoms with E-state index in [0.717, 1.165) is 0 Å². The predicted molar refractivity (Wildman–Crippen MR) is 52.4 cm³/mol. The van der Waals surface area contributed by atoms with Crippen molar-refractivity contribution in [2.24, 2.45) is 5.41 Å². The van der Waals surface area contributed by atoms with Gasteiger partial charge in [-0.15, -0.1) is 0 Å². The average molecular weight is 185 g/mol. The number of likely N-dealkylation sites (N-methyl/N-ethyl adjacent to an activating group) is 1. The molecule has 0 saturated heterocycles. The maximum absolute atomic E-state index is 11.5. The van der Waals surface area contributed by atoms with Crippen LogP contribution in [-0.2, 0) is 9.59 Å². The topological polar surface area (TPSA) is 37.4 Å². The summed E-state index contributed by atoms with van der Waals surface area (Å²) in [5.41, 5.74) is -0.570. The molecule has 3 nitrogen and oxygen atoms in total. The molecule has 0 heterocycles. The van der Waals surface area contributed by atoms with Gasteiger partial charge in [0.1, 0.15) is 0 Å². The Morgan fingerprint density at radius 3 is 1.69 bits per heavy atom. The van der Waals surface area contributed by atoms with Gasteiger partial charge in [0.25, 0.3) is 5.91 Å². The highest BCUT2D eigenvalue weighted by Gasteiger charge is 2.30. The van der Waals surface area contributed by atoms with E-state index in [-0.39, 0.29) is 11.7 Å². The Morgan fingerprint density at radius 1 is 1.08 bits per heavy atom. The smallest absolute Gasteiger partial charge is 0.290 e. The molecule has 0 radical (unpaired) electrons. The zero-order chi connectivity index (χ0) is 10.6. The molecule has 1 amide bonds. The molecule has 0 fully saturated rings. The van der Waals surface area contributed by atoms with Crippen molar-refractivity contribution in [2.45, 2.75) is 34.6 Å². The fourth-order valence-electron chi connectivity index (χ4n) is 0.975. The summed E-state index contributed by atoms with van der Waals surface area (Å²) in [4.78, 5) is 24.6. The van der Waals surface area contributed by atoms with Crippen LogP contribution in [-0.4, -0.2) is 29.7 Å². The molecule has 0 aliphatic heterocycles. The zero-order valence-corrected chi connectivity index (χ0v) is 9.18. The first-order chi connectivity index (χ1) is 5.84. The SMILES string of the molecule is CCN(CC)C(=O)C(=O)C(C)(C)C. The van der Waals surface area contributed by atoms with Crippen molar-refractivity contribution >= 4 is 11.7 Å². The summed E-state index contributed by atoms with van der Waals surface area (Å²) in [7, 11) is 0. The molecule has 0 aromatic rings. The van der Waals surface area contributed by atoms with E-state index in [0.29, 0.717) is 13.1 Å². The molecule has 0 aliphatic carbocycles. The van der Waals surface area contributed by atoms with Gasteiger partial charge in [-0.2, -0.15) is 0 Å². The van der Waals surface area contributed by atoms with E-state index in [1.165, 1.54) is 0 Å². The molecule has 0 rings (SSSR count). The highest BCUT2D eigenvalue weighted by molar-refractivity contribution is 6.37. The third-order valence-corrected chi connectivity index (χ3v) is 1.93. The number of carbonyl (C=O) groups is 2. The standard InChI is InChI=1S/C10H19NO2/c1-6-11(7-2)9(13)8(12)10(3,4)5/h6-7H2,1-5H3. The second kappa shape index (κ2) is 4.40. The van der Waals surface area contributed by atoms with Crippen molar-refractivity contribution in [3.05, 3.63) is 0 Å². The van der Waals surface area contributed by atoms with Crippen molar-refractivity contribution in [1.29, 1.82) is 0 Å². The Morgan fingerprint density at radius 2 is 1.46 bits per heavy atom. The van der Waals surface area contributed by atoms with E-state index in [1.807, 2.05) is 13.8 Å². The van der Waals surface area contributed by atoms with Gasteiger partial charge in [-0.25, -0.2) is 0 Å². The summed E-state index contributed by atoms with van der Waals surface area (Å²) < 4.78 is 0. The van der Waals surface area contributed by atoms with Crippen LogP contribution in [0.5, 0.6) is 0 Å². The monoisotopic (exact) mass is 185 g/mol. The second-order valence-corrected chi connectivity index (χ2v) is 4.06. The predicted octanol–water partition coefficient (Wildman–Crippen LogP) is 1.47. The Labute approximate surface area is 80.1 Å². The number of rotatable bonds is 3. The van der Waals surface area contributed by atoms with E-state index >= 15 is 0 Å².